The number of likely N-dealkylation sites (N-methyl/N-ethyl adjacent to an activating group) is 1. The molecule has 0 spiro atoms. The SMILES string of the molecule is CC(NCCN(C)C)C(=O)Nc1ccccc1-c1ccccc1. The van der Waals surface area contributed by atoms with Crippen molar-refractivity contribution < 1.29 is 4.79 Å². The number of nitrogens with zero attached hydrogens (tertiary/aromatic N) is 1. The van der Waals surface area contributed by atoms with Crippen molar-refractivity contribution in [2.45, 2.75) is 13.0 Å². The van der Waals surface area contributed by atoms with Crippen LogP contribution in [0.4, 0.5) is 5.69 Å². The lowest BCUT2D eigenvalue weighted by Gasteiger charge is -2.17. The van der Waals surface area contributed by atoms with Gasteiger partial charge in [0, 0.05) is 24.3 Å². The Kier molecular flexibility index (Phi) is 6.32. The monoisotopic (exact) mass is 311 g/mol. The molecule has 0 aliphatic carbocycles. The van der Waals surface area contributed by atoms with Crippen LogP contribution in [-0.2, 0) is 4.79 Å². The molecular formula is C19H25N3O. The maximum Gasteiger partial charge on any atom is 0.241 e. The lowest BCUT2D eigenvalue weighted by atomic mass is 10.0. The maximum absolute atomic E-state index is 12.4. The van der Waals surface area contributed by atoms with Gasteiger partial charge in [0.15, 0.2) is 0 Å². The molecule has 0 fully saturated rings. The highest BCUT2D eigenvalue weighted by Crippen LogP contribution is 2.27. The molecule has 2 aromatic rings. The van der Waals surface area contributed by atoms with E-state index in [0.29, 0.717) is 0 Å². The molecule has 2 N–H and O–H groups in total. The lowest BCUT2D eigenvalue weighted by molar-refractivity contribution is -0.117. The van der Waals surface area contributed by atoms with E-state index in [0.717, 1.165) is 29.9 Å². The van der Waals surface area contributed by atoms with E-state index in [-0.39, 0.29) is 11.9 Å². The molecule has 0 heterocycles. The number of anilines is 1. The molecular weight excluding hydrogens is 286 g/mol. The molecule has 1 atom stereocenters. The Morgan fingerprint density at radius 3 is 2.39 bits per heavy atom. The number of amides is 1. The molecule has 0 aliphatic rings. The van der Waals surface area contributed by atoms with Crippen LogP contribution in [-0.4, -0.2) is 44.0 Å². The summed E-state index contributed by atoms with van der Waals surface area (Å²) in [4.78, 5) is 14.5. The van der Waals surface area contributed by atoms with Gasteiger partial charge in [-0.05, 0) is 32.6 Å². The smallest absolute Gasteiger partial charge is 0.241 e. The minimum Gasteiger partial charge on any atom is -0.324 e. The Hall–Kier alpha value is -2.17. The number of carbonyl (C=O) groups excluding carboxylic acids is 1. The summed E-state index contributed by atoms with van der Waals surface area (Å²) in [6.07, 6.45) is 0. The summed E-state index contributed by atoms with van der Waals surface area (Å²) >= 11 is 0. The maximum atomic E-state index is 12.4. The van der Waals surface area contributed by atoms with Gasteiger partial charge in [-0.25, -0.2) is 0 Å². The molecule has 0 saturated heterocycles. The van der Waals surface area contributed by atoms with Crippen molar-refractivity contribution in [3.8, 4) is 11.1 Å². The average Bonchev–Trinajstić information content (AvgIpc) is 2.55. The fraction of sp³-hybridized carbons (Fsp3) is 0.316. The molecule has 2 rings (SSSR count). The Morgan fingerprint density at radius 1 is 1.04 bits per heavy atom. The van der Waals surface area contributed by atoms with Gasteiger partial charge in [-0.2, -0.15) is 0 Å². The standard InChI is InChI=1S/C19H25N3O/c1-15(20-13-14-22(2)3)19(23)21-18-12-8-7-11-17(18)16-9-5-4-6-10-16/h4-12,15,20H,13-14H2,1-3H3,(H,21,23). The number of nitrogens with one attached hydrogen (secondary N) is 2. The topological polar surface area (TPSA) is 44.4 Å². The third kappa shape index (κ3) is 5.20. The second-order valence-electron chi connectivity index (χ2n) is 5.88. The summed E-state index contributed by atoms with van der Waals surface area (Å²) in [5, 5.41) is 6.27. The van der Waals surface area contributed by atoms with Crippen LogP contribution in [0.3, 0.4) is 0 Å². The number of hydrogen-bond donors (Lipinski definition) is 2. The fourth-order valence-electron chi connectivity index (χ4n) is 2.30. The number of rotatable bonds is 7. The molecule has 0 aromatic heterocycles. The molecule has 0 bridgehead atoms. The van der Waals surface area contributed by atoms with E-state index in [1.54, 1.807) is 0 Å². The summed E-state index contributed by atoms with van der Waals surface area (Å²) in [5.41, 5.74) is 2.96. The van der Waals surface area contributed by atoms with Crippen molar-refractivity contribution in [1.82, 2.24) is 10.2 Å². The first-order chi connectivity index (χ1) is 11.1. The van der Waals surface area contributed by atoms with Gasteiger partial charge in [-0.1, -0.05) is 48.5 Å². The highest BCUT2D eigenvalue weighted by atomic mass is 16.2. The first-order valence-corrected chi connectivity index (χ1v) is 7.91. The van der Waals surface area contributed by atoms with Crippen LogP contribution in [0, 0.1) is 0 Å². The largest absolute Gasteiger partial charge is 0.324 e. The molecule has 2 aromatic carbocycles. The van der Waals surface area contributed by atoms with E-state index >= 15 is 0 Å². The quantitative estimate of drug-likeness (QED) is 0.826. The predicted octanol–water partition coefficient (Wildman–Crippen LogP) is 2.83. The third-order valence-corrected chi connectivity index (χ3v) is 3.67. The van der Waals surface area contributed by atoms with E-state index in [9.17, 15) is 4.79 Å². The van der Waals surface area contributed by atoms with E-state index in [4.69, 9.17) is 0 Å². The first-order valence-electron chi connectivity index (χ1n) is 7.91. The zero-order chi connectivity index (χ0) is 16.7. The summed E-state index contributed by atoms with van der Waals surface area (Å²) in [5.74, 6) is -0.0212. The second kappa shape index (κ2) is 8.46. The van der Waals surface area contributed by atoms with Crippen LogP contribution in [0.2, 0.25) is 0 Å². The van der Waals surface area contributed by atoms with Crippen molar-refractivity contribution in [3.63, 3.8) is 0 Å². The molecule has 4 nitrogen and oxygen atoms in total. The van der Waals surface area contributed by atoms with Crippen molar-refractivity contribution in [2.75, 3.05) is 32.5 Å². The van der Waals surface area contributed by atoms with Crippen LogP contribution >= 0.6 is 0 Å². The fourth-order valence-corrected chi connectivity index (χ4v) is 2.30. The Labute approximate surface area is 138 Å². The van der Waals surface area contributed by atoms with Crippen molar-refractivity contribution >= 4 is 11.6 Å². The van der Waals surface area contributed by atoms with Gasteiger partial charge in [0.25, 0.3) is 0 Å². The van der Waals surface area contributed by atoms with Crippen LogP contribution < -0.4 is 10.6 Å². The van der Waals surface area contributed by atoms with Crippen molar-refractivity contribution in [2.24, 2.45) is 0 Å². The molecule has 23 heavy (non-hydrogen) atoms. The number of para-hydroxylation sites is 1. The summed E-state index contributed by atoms with van der Waals surface area (Å²) in [6, 6.07) is 17.7. The van der Waals surface area contributed by atoms with Gasteiger partial charge in [-0.3, -0.25) is 4.79 Å². The first kappa shape index (κ1) is 17.2. The van der Waals surface area contributed by atoms with Crippen molar-refractivity contribution in [3.05, 3.63) is 54.6 Å². The van der Waals surface area contributed by atoms with Gasteiger partial charge < -0.3 is 15.5 Å². The van der Waals surface area contributed by atoms with Crippen LogP contribution in [0.1, 0.15) is 6.92 Å². The predicted molar refractivity (Wildman–Crippen MR) is 96.5 cm³/mol. The van der Waals surface area contributed by atoms with Gasteiger partial charge in [0.1, 0.15) is 0 Å². The van der Waals surface area contributed by atoms with E-state index in [1.165, 1.54) is 0 Å². The normalized spacial score (nSPS) is 12.2. The Balaban J connectivity index is 2.04. The summed E-state index contributed by atoms with van der Waals surface area (Å²) in [6.45, 7) is 3.57. The van der Waals surface area contributed by atoms with Gasteiger partial charge in [0.2, 0.25) is 5.91 Å². The molecule has 122 valence electrons. The highest BCUT2D eigenvalue weighted by molar-refractivity contribution is 5.98. The zero-order valence-electron chi connectivity index (χ0n) is 14.0. The highest BCUT2D eigenvalue weighted by Gasteiger charge is 2.14. The van der Waals surface area contributed by atoms with E-state index < -0.39 is 0 Å². The Morgan fingerprint density at radius 2 is 1.70 bits per heavy atom. The second-order valence-corrected chi connectivity index (χ2v) is 5.88. The van der Waals surface area contributed by atoms with E-state index in [2.05, 4.69) is 15.5 Å². The minimum absolute atomic E-state index is 0.0212. The molecule has 0 radical (unpaired) electrons. The molecule has 4 heteroatoms. The summed E-state index contributed by atoms with van der Waals surface area (Å²) in [7, 11) is 4.03. The van der Waals surface area contributed by atoms with Gasteiger partial charge >= 0.3 is 0 Å². The third-order valence-electron chi connectivity index (χ3n) is 3.67. The van der Waals surface area contributed by atoms with Crippen LogP contribution in [0.25, 0.3) is 11.1 Å². The molecule has 1 amide bonds. The molecule has 0 aliphatic heterocycles. The molecule has 1 unspecified atom stereocenters. The lowest BCUT2D eigenvalue weighted by Crippen LogP contribution is -2.41. The number of carbonyl (C=O) groups is 1. The van der Waals surface area contributed by atoms with Crippen LogP contribution in [0.15, 0.2) is 54.6 Å². The Bertz CT molecular complexity index is 626. The number of hydrogen-bond acceptors (Lipinski definition) is 3. The van der Waals surface area contributed by atoms with Gasteiger partial charge in [-0.15, -0.1) is 0 Å². The van der Waals surface area contributed by atoms with Crippen molar-refractivity contribution in [1.29, 1.82) is 0 Å². The minimum atomic E-state index is -0.237. The zero-order valence-corrected chi connectivity index (χ0v) is 14.0. The van der Waals surface area contributed by atoms with Gasteiger partial charge in [0.05, 0.1) is 6.04 Å². The molecule has 0 saturated carbocycles. The number of benzene rings is 2. The average molecular weight is 311 g/mol. The van der Waals surface area contributed by atoms with E-state index in [1.807, 2.05) is 75.6 Å². The van der Waals surface area contributed by atoms with Crippen LogP contribution in [0.5, 0.6) is 0 Å². The summed E-state index contributed by atoms with van der Waals surface area (Å²) < 4.78 is 0.